The second kappa shape index (κ2) is 6.83. The van der Waals surface area contributed by atoms with E-state index >= 15 is 0 Å². The summed E-state index contributed by atoms with van der Waals surface area (Å²) in [6, 6.07) is 4.19. The van der Waals surface area contributed by atoms with Gasteiger partial charge in [0.15, 0.2) is 11.6 Å². The van der Waals surface area contributed by atoms with Crippen molar-refractivity contribution in [2.24, 2.45) is 0 Å². The zero-order chi connectivity index (χ0) is 14.5. The fourth-order valence-electron chi connectivity index (χ4n) is 2.46. The fourth-order valence-corrected chi connectivity index (χ4v) is 2.46. The minimum atomic E-state index is -3.02. The van der Waals surface area contributed by atoms with Gasteiger partial charge in [-0.1, -0.05) is 0 Å². The standard InChI is InChI=1S/C14H18F3NO2/c1-19-11-5-2-9(3-6-11)18-10-4-7-13(12(15)8-10)20-14(16)17/h4,7-9,11,14,18H,2-3,5-6H2,1H3. The summed E-state index contributed by atoms with van der Waals surface area (Å²) in [6.45, 7) is -3.02. The quantitative estimate of drug-likeness (QED) is 0.894. The Balaban J connectivity index is 1.92. The van der Waals surface area contributed by atoms with Gasteiger partial charge in [0.25, 0.3) is 0 Å². The molecule has 1 N–H and O–H groups in total. The van der Waals surface area contributed by atoms with Crippen molar-refractivity contribution >= 4 is 5.69 Å². The van der Waals surface area contributed by atoms with Crippen LogP contribution in [0.15, 0.2) is 18.2 Å². The van der Waals surface area contributed by atoms with E-state index in [-0.39, 0.29) is 6.04 Å². The normalized spacial score (nSPS) is 22.9. The Bertz CT molecular complexity index is 434. The lowest BCUT2D eigenvalue weighted by Gasteiger charge is -2.29. The molecular formula is C14H18F3NO2. The summed E-state index contributed by atoms with van der Waals surface area (Å²) in [4.78, 5) is 0. The maximum Gasteiger partial charge on any atom is 0.387 e. The summed E-state index contributed by atoms with van der Waals surface area (Å²) in [5, 5.41) is 3.21. The van der Waals surface area contributed by atoms with Crippen LogP contribution in [0.2, 0.25) is 0 Å². The first kappa shape index (κ1) is 15.0. The number of hydrogen-bond acceptors (Lipinski definition) is 3. The molecule has 0 bridgehead atoms. The minimum absolute atomic E-state index is 0.252. The number of methoxy groups -OCH3 is 1. The zero-order valence-electron chi connectivity index (χ0n) is 11.2. The third-order valence-corrected chi connectivity index (χ3v) is 3.53. The van der Waals surface area contributed by atoms with E-state index in [9.17, 15) is 13.2 Å². The van der Waals surface area contributed by atoms with Crippen molar-refractivity contribution < 1.29 is 22.6 Å². The number of anilines is 1. The summed E-state index contributed by atoms with van der Waals surface area (Å²) in [5.74, 6) is -1.23. The first-order valence-corrected chi connectivity index (χ1v) is 6.62. The molecular weight excluding hydrogens is 271 g/mol. The average molecular weight is 289 g/mol. The number of hydrogen-bond donors (Lipinski definition) is 1. The Kier molecular flexibility index (Phi) is 5.11. The number of alkyl halides is 2. The van der Waals surface area contributed by atoms with Crippen molar-refractivity contribution in [3.8, 4) is 5.75 Å². The van der Waals surface area contributed by atoms with E-state index in [0.29, 0.717) is 11.8 Å². The molecule has 1 fully saturated rings. The highest BCUT2D eigenvalue weighted by Gasteiger charge is 2.21. The van der Waals surface area contributed by atoms with E-state index in [2.05, 4.69) is 10.1 Å². The van der Waals surface area contributed by atoms with Gasteiger partial charge < -0.3 is 14.8 Å². The lowest BCUT2D eigenvalue weighted by atomic mass is 9.93. The Hall–Kier alpha value is -1.43. The molecule has 20 heavy (non-hydrogen) atoms. The van der Waals surface area contributed by atoms with E-state index in [1.165, 1.54) is 12.1 Å². The summed E-state index contributed by atoms with van der Waals surface area (Å²) in [6.07, 6.45) is 4.10. The van der Waals surface area contributed by atoms with Crippen molar-refractivity contribution in [3.63, 3.8) is 0 Å². The molecule has 1 saturated carbocycles. The molecule has 0 spiro atoms. The summed E-state index contributed by atoms with van der Waals surface area (Å²) < 4.78 is 47.0. The molecule has 1 aromatic rings. The van der Waals surface area contributed by atoms with Crippen LogP contribution in [-0.4, -0.2) is 25.9 Å². The SMILES string of the molecule is COC1CCC(Nc2ccc(OC(F)F)c(F)c2)CC1. The Morgan fingerprint density at radius 3 is 2.45 bits per heavy atom. The number of benzene rings is 1. The Morgan fingerprint density at radius 2 is 1.90 bits per heavy atom. The van der Waals surface area contributed by atoms with Gasteiger partial charge in [0.2, 0.25) is 0 Å². The third kappa shape index (κ3) is 4.03. The molecule has 3 nitrogen and oxygen atoms in total. The van der Waals surface area contributed by atoms with E-state index in [1.54, 1.807) is 13.2 Å². The predicted octanol–water partition coefficient (Wildman–Crippen LogP) is 3.80. The smallest absolute Gasteiger partial charge is 0.387 e. The monoisotopic (exact) mass is 289 g/mol. The summed E-state index contributed by atoms with van der Waals surface area (Å²) in [5.41, 5.74) is 0.574. The largest absolute Gasteiger partial charge is 0.432 e. The molecule has 0 aliphatic heterocycles. The molecule has 0 amide bonds. The minimum Gasteiger partial charge on any atom is -0.432 e. The molecule has 1 aliphatic carbocycles. The average Bonchev–Trinajstić information content (AvgIpc) is 2.42. The van der Waals surface area contributed by atoms with Crippen molar-refractivity contribution in [2.45, 2.75) is 44.4 Å². The first-order valence-electron chi connectivity index (χ1n) is 6.62. The molecule has 0 radical (unpaired) electrons. The molecule has 1 aromatic carbocycles. The van der Waals surface area contributed by atoms with Gasteiger partial charge in [0.05, 0.1) is 6.10 Å². The summed E-state index contributed by atoms with van der Waals surface area (Å²) in [7, 11) is 1.70. The van der Waals surface area contributed by atoms with Gasteiger partial charge in [-0.15, -0.1) is 0 Å². The van der Waals surface area contributed by atoms with Gasteiger partial charge in [-0.05, 0) is 37.8 Å². The molecule has 112 valence electrons. The van der Waals surface area contributed by atoms with Crippen LogP contribution in [0, 0.1) is 5.82 Å². The van der Waals surface area contributed by atoms with Crippen LogP contribution in [0.3, 0.4) is 0 Å². The highest BCUT2D eigenvalue weighted by molar-refractivity contribution is 5.48. The molecule has 0 unspecified atom stereocenters. The Morgan fingerprint density at radius 1 is 1.20 bits per heavy atom. The maximum atomic E-state index is 13.6. The second-order valence-electron chi connectivity index (χ2n) is 4.88. The van der Waals surface area contributed by atoms with E-state index in [4.69, 9.17) is 4.74 Å². The number of halogens is 3. The van der Waals surface area contributed by atoms with Gasteiger partial charge >= 0.3 is 6.61 Å². The number of ether oxygens (including phenoxy) is 2. The lowest BCUT2D eigenvalue weighted by Crippen LogP contribution is -2.29. The maximum absolute atomic E-state index is 13.6. The molecule has 6 heteroatoms. The van der Waals surface area contributed by atoms with Gasteiger partial charge in [-0.3, -0.25) is 0 Å². The van der Waals surface area contributed by atoms with E-state index in [0.717, 1.165) is 25.7 Å². The van der Waals surface area contributed by atoms with Crippen LogP contribution in [-0.2, 0) is 4.74 Å². The molecule has 0 heterocycles. The van der Waals surface area contributed by atoms with E-state index < -0.39 is 18.2 Å². The van der Waals surface area contributed by atoms with Crippen molar-refractivity contribution in [1.82, 2.24) is 0 Å². The van der Waals surface area contributed by atoms with Crippen molar-refractivity contribution in [3.05, 3.63) is 24.0 Å². The van der Waals surface area contributed by atoms with Crippen molar-refractivity contribution in [2.75, 3.05) is 12.4 Å². The highest BCUT2D eigenvalue weighted by Crippen LogP contribution is 2.27. The van der Waals surface area contributed by atoms with Crippen molar-refractivity contribution in [1.29, 1.82) is 0 Å². The first-order chi connectivity index (χ1) is 9.58. The van der Waals surface area contributed by atoms with Gasteiger partial charge in [-0.2, -0.15) is 8.78 Å². The van der Waals surface area contributed by atoms with Crippen LogP contribution < -0.4 is 10.1 Å². The Labute approximate surface area is 116 Å². The summed E-state index contributed by atoms with van der Waals surface area (Å²) >= 11 is 0. The van der Waals surface area contributed by atoms with Gasteiger partial charge in [0, 0.05) is 24.9 Å². The topological polar surface area (TPSA) is 30.5 Å². The molecule has 0 saturated heterocycles. The van der Waals surface area contributed by atoms with Crippen LogP contribution in [0.5, 0.6) is 5.75 Å². The van der Waals surface area contributed by atoms with Crippen LogP contribution in [0.1, 0.15) is 25.7 Å². The third-order valence-electron chi connectivity index (χ3n) is 3.53. The second-order valence-corrected chi connectivity index (χ2v) is 4.88. The number of rotatable bonds is 5. The molecule has 1 aliphatic rings. The zero-order valence-corrected chi connectivity index (χ0v) is 11.2. The molecule has 0 atom stereocenters. The van der Waals surface area contributed by atoms with Crippen LogP contribution >= 0.6 is 0 Å². The number of nitrogens with one attached hydrogen (secondary N) is 1. The van der Waals surface area contributed by atoms with Crippen LogP contribution in [0.25, 0.3) is 0 Å². The van der Waals surface area contributed by atoms with Crippen LogP contribution in [0.4, 0.5) is 18.9 Å². The lowest BCUT2D eigenvalue weighted by molar-refractivity contribution is -0.0521. The van der Waals surface area contributed by atoms with Gasteiger partial charge in [0.1, 0.15) is 0 Å². The van der Waals surface area contributed by atoms with Gasteiger partial charge in [-0.25, -0.2) is 4.39 Å². The van der Waals surface area contributed by atoms with E-state index in [1.807, 2.05) is 0 Å². The highest BCUT2D eigenvalue weighted by atomic mass is 19.3. The molecule has 0 aromatic heterocycles. The molecule has 2 rings (SSSR count). The fraction of sp³-hybridized carbons (Fsp3) is 0.571. The predicted molar refractivity (Wildman–Crippen MR) is 69.7 cm³/mol.